The number of carboxylic acid groups (broad SMARTS) is 1. The van der Waals surface area contributed by atoms with Crippen LogP contribution in [0.25, 0.3) is 0 Å². The van der Waals surface area contributed by atoms with Gasteiger partial charge >= 0.3 is 5.97 Å². The van der Waals surface area contributed by atoms with Gasteiger partial charge in [0, 0.05) is 19.5 Å². The van der Waals surface area contributed by atoms with Crippen LogP contribution in [-0.2, 0) is 19.4 Å². The second kappa shape index (κ2) is 6.77. The van der Waals surface area contributed by atoms with Gasteiger partial charge in [0.15, 0.2) is 9.84 Å². The van der Waals surface area contributed by atoms with Crippen molar-refractivity contribution < 1.29 is 23.1 Å². The van der Waals surface area contributed by atoms with Crippen LogP contribution in [0.3, 0.4) is 0 Å². The molecule has 0 bridgehead atoms. The Morgan fingerprint density at radius 3 is 2.14 bits per heavy atom. The minimum atomic E-state index is -3.16. The highest BCUT2D eigenvalue weighted by molar-refractivity contribution is 7.92. The highest BCUT2D eigenvalue weighted by Gasteiger charge is 2.31. The lowest BCUT2D eigenvalue weighted by Gasteiger charge is -2.30. The lowest BCUT2D eigenvalue weighted by atomic mass is 9.97. The third-order valence-corrected chi connectivity index (χ3v) is 6.87. The molecule has 0 spiro atoms. The Bertz CT molecular complexity index is 487. The maximum absolute atomic E-state index is 12.1. The Hall–Kier alpha value is -1.11. The number of piperidine rings is 1. The highest BCUT2D eigenvalue weighted by atomic mass is 32.2. The summed E-state index contributed by atoms with van der Waals surface area (Å²) in [6, 6.07) is 0. The molecule has 1 saturated carbocycles. The first-order valence-electron chi connectivity index (χ1n) is 7.62. The van der Waals surface area contributed by atoms with Crippen molar-refractivity contribution in [3.8, 4) is 0 Å². The second-order valence-electron chi connectivity index (χ2n) is 6.02. The van der Waals surface area contributed by atoms with Crippen LogP contribution in [-0.4, -0.2) is 54.4 Å². The van der Waals surface area contributed by atoms with Crippen molar-refractivity contribution in [3.63, 3.8) is 0 Å². The van der Waals surface area contributed by atoms with E-state index < -0.39 is 15.8 Å². The Balaban J connectivity index is 1.78. The Morgan fingerprint density at radius 1 is 1.05 bits per heavy atom. The topological polar surface area (TPSA) is 91.8 Å². The zero-order valence-corrected chi connectivity index (χ0v) is 13.0. The minimum absolute atomic E-state index is 0.0244. The van der Waals surface area contributed by atoms with Crippen molar-refractivity contribution in [1.82, 2.24) is 4.90 Å². The molecule has 0 atom stereocenters. The maximum atomic E-state index is 12.1. The van der Waals surface area contributed by atoms with E-state index in [2.05, 4.69) is 0 Å². The molecule has 120 valence electrons. The fourth-order valence-electron chi connectivity index (χ4n) is 3.18. The number of carbonyl (C=O) groups excluding carboxylic acids is 1. The SMILES string of the molecule is O=C(O)C1CCN(C(=O)CCS(=O)(=O)C2CCCC2)CC1. The predicted octanol–water partition coefficient (Wildman–Crippen LogP) is 1.06. The third-order valence-electron chi connectivity index (χ3n) is 4.61. The first-order valence-corrected chi connectivity index (χ1v) is 9.34. The van der Waals surface area contributed by atoms with Gasteiger partial charge in [-0.1, -0.05) is 12.8 Å². The fourth-order valence-corrected chi connectivity index (χ4v) is 5.02. The summed E-state index contributed by atoms with van der Waals surface area (Å²) in [7, 11) is -3.16. The Kier molecular flexibility index (Phi) is 5.24. The lowest BCUT2D eigenvalue weighted by Crippen LogP contribution is -2.41. The van der Waals surface area contributed by atoms with Crippen LogP contribution < -0.4 is 0 Å². The van der Waals surface area contributed by atoms with E-state index in [0.29, 0.717) is 25.9 Å². The van der Waals surface area contributed by atoms with Gasteiger partial charge in [-0.15, -0.1) is 0 Å². The van der Waals surface area contributed by atoms with E-state index in [1.165, 1.54) is 0 Å². The van der Waals surface area contributed by atoms with E-state index in [9.17, 15) is 18.0 Å². The molecule has 0 aromatic rings. The van der Waals surface area contributed by atoms with Crippen LogP contribution in [0.1, 0.15) is 44.9 Å². The number of aliphatic carboxylic acids is 1. The van der Waals surface area contributed by atoms with Gasteiger partial charge in [-0.25, -0.2) is 8.42 Å². The average molecular weight is 317 g/mol. The summed E-state index contributed by atoms with van der Waals surface area (Å²) >= 11 is 0. The summed E-state index contributed by atoms with van der Waals surface area (Å²) < 4.78 is 24.2. The van der Waals surface area contributed by atoms with Gasteiger partial charge < -0.3 is 10.0 Å². The fraction of sp³-hybridized carbons (Fsp3) is 0.857. The molecule has 2 aliphatic rings. The van der Waals surface area contributed by atoms with Crippen molar-refractivity contribution in [3.05, 3.63) is 0 Å². The zero-order chi connectivity index (χ0) is 15.5. The normalized spacial score (nSPS) is 21.6. The van der Waals surface area contributed by atoms with Crippen molar-refractivity contribution in [2.24, 2.45) is 5.92 Å². The molecule has 1 saturated heterocycles. The quantitative estimate of drug-likeness (QED) is 0.818. The van der Waals surface area contributed by atoms with Gasteiger partial charge in [-0.05, 0) is 25.7 Å². The average Bonchev–Trinajstić information content (AvgIpc) is 3.00. The molecule has 1 heterocycles. The molecule has 0 aromatic carbocycles. The van der Waals surface area contributed by atoms with Gasteiger partial charge in [0.1, 0.15) is 0 Å². The number of hydrogen-bond donors (Lipinski definition) is 1. The number of rotatable bonds is 5. The Labute approximate surface area is 125 Å². The molecular weight excluding hydrogens is 294 g/mol. The summed E-state index contributed by atoms with van der Waals surface area (Å²) in [5.41, 5.74) is 0. The zero-order valence-electron chi connectivity index (χ0n) is 12.2. The Morgan fingerprint density at radius 2 is 1.62 bits per heavy atom. The first-order chi connectivity index (χ1) is 9.90. The summed E-state index contributed by atoms with van der Waals surface area (Å²) in [6.45, 7) is 0.832. The van der Waals surface area contributed by atoms with Crippen LogP contribution in [0.2, 0.25) is 0 Å². The number of hydrogen-bond acceptors (Lipinski definition) is 4. The number of nitrogens with zero attached hydrogens (tertiary/aromatic N) is 1. The summed E-state index contributed by atoms with van der Waals surface area (Å²) in [5.74, 6) is -1.43. The number of carbonyl (C=O) groups is 2. The van der Waals surface area contributed by atoms with E-state index in [-0.39, 0.29) is 29.2 Å². The molecule has 1 N–H and O–H groups in total. The van der Waals surface area contributed by atoms with Gasteiger partial charge in [-0.3, -0.25) is 9.59 Å². The van der Waals surface area contributed by atoms with Gasteiger partial charge in [0.2, 0.25) is 5.91 Å². The smallest absolute Gasteiger partial charge is 0.306 e. The van der Waals surface area contributed by atoms with Gasteiger partial charge in [0.05, 0.1) is 16.9 Å². The van der Waals surface area contributed by atoms with Crippen molar-refractivity contribution in [2.75, 3.05) is 18.8 Å². The monoisotopic (exact) mass is 317 g/mol. The molecule has 6 nitrogen and oxygen atoms in total. The first kappa shape index (κ1) is 16.3. The molecule has 2 rings (SSSR count). The molecule has 7 heteroatoms. The number of amides is 1. The van der Waals surface area contributed by atoms with E-state index >= 15 is 0 Å². The molecule has 1 aliphatic heterocycles. The number of sulfone groups is 1. The molecule has 1 amide bonds. The molecule has 0 aromatic heterocycles. The molecule has 1 aliphatic carbocycles. The van der Waals surface area contributed by atoms with Crippen LogP contribution in [0.4, 0.5) is 0 Å². The van der Waals surface area contributed by atoms with Crippen molar-refractivity contribution in [2.45, 2.75) is 50.2 Å². The van der Waals surface area contributed by atoms with Crippen LogP contribution in [0, 0.1) is 5.92 Å². The molecular formula is C14H23NO5S. The molecule has 0 unspecified atom stereocenters. The summed E-state index contributed by atoms with van der Waals surface area (Å²) in [5, 5.41) is 8.65. The van der Waals surface area contributed by atoms with Crippen LogP contribution in [0.15, 0.2) is 0 Å². The molecule has 21 heavy (non-hydrogen) atoms. The maximum Gasteiger partial charge on any atom is 0.306 e. The van der Waals surface area contributed by atoms with E-state index in [1.807, 2.05) is 0 Å². The van der Waals surface area contributed by atoms with Crippen molar-refractivity contribution >= 4 is 21.7 Å². The third kappa shape index (κ3) is 4.18. The van der Waals surface area contributed by atoms with Crippen LogP contribution >= 0.6 is 0 Å². The predicted molar refractivity (Wildman–Crippen MR) is 77.6 cm³/mol. The number of carboxylic acids is 1. The minimum Gasteiger partial charge on any atom is -0.481 e. The summed E-state index contributed by atoms with van der Waals surface area (Å²) in [6.07, 6.45) is 4.30. The molecule has 2 fully saturated rings. The summed E-state index contributed by atoms with van der Waals surface area (Å²) in [4.78, 5) is 24.5. The van der Waals surface area contributed by atoms with E-state index in [1.54, 1.807) is 4.90 Å². The number of likely N-dealkylation sites (tertiary alicyclic amines) is 1. The largest absolute Gasteiger partial charge is 0.481 e. The van der Waals surface area contributed by atoms with Crippen LogP contribution in [0.5, 0.6) is 0 Å². The molecule has 0 radical (unpaired) electrons. The lowest BCUT2D eigenvalue weighted by molar-refractivity contribution is -0.145. The van der Waals surface area contributed by atoms with E-state index in [0.717, 1.165) is 25.7 Å². The van der Waals surface area contributed by atoms with Crippen molar-refractivity contribution in [1.29, 1.82) is 0 Å². The van der Waals surface area contributed by atoms with Gasteiger partial charge in [-0.2, -0.15) is 0 Å². The standard InChI is InChI=1S/C14H23NO5S/c16-13(15-8-5-11(6-9-15)14(17)18)7-10-21(19,20)12-3-1-2-4-12/h11-12H,1-10H2,(H,17,18). The highest BCUT2D eigenvalue weighted by Crippen LogP contribution is 2.26. The van der Waals surface area contributed by atoms with Gasteiger partial charge in [0.25, 0.3) is 0 Å². The van der Waals surface area contributed by atoms with E-state index in [4.69, 9.17) is 5.11 Å². The second-order valence-corrected chi connectivity index (χ2v) is 8.42.